The number of ketones is 1. The van der Waals surface area contributed by atoms with Gasteiger partial charge in [-0.2, -0.15) is 8.78 Å². The normalized spacial score (nSPS) is 14.8. The Kier molecular flexibility index (Phi) is 8.90. The van der Waals surface area contributed by atoms with Gasteiger partial charge in [-0.1, -0.05) is 42.5 Å². The van der Waals surface area contributed by atoms with Crippen molar-refractivity contribution in [1.82, 2.24) is 9.97 Å². The van der Waals surface area contributed by atoms with Gasteiger partial charge in [0.2, 0.25) is 11.7 Å². The third-order valence-electron chi connectivity index (χ3n) is 8.84. The number of carbonyl (C=O) groups excluding carboxylic acids is 1. The molecule has 0 saturated heterocycles. The second-order valence-electron chi connectivity index (χ2n) is 12.3. The van der Waals surface area contributed by atoms with E-state index in [9.17, 15) is 13.6 Å². The minimum Gasteiger partial charge on any atom is -0.489 e. The number of benzene rings is 4. The van der Waals surface area contributed by atoms with E-state index in [-0.39, 0.29) is 34.6 Å². The molecule has 10 heteroatoms. The minimum absolute atomic E-state index is 0.0704. The smallest absolute Gasteiger partial charge is 0.387 e. The van der Waals surface area contributed by atoms with Gasteiger partial charge in [0.05, 0.1) is 18.8 Å². The van der Waals surface area contributed by atoms with Crippen molar-refractivity contribution in [2.24, 2.45) is 11.7 Å². The molecule has 0 spiro atoms. The zero-order valence-electron chi connectivity index (χ0n) is 26.5. The Balaban J connectivity index is 0.000000669. The molecule has 8 nitrogen and oxygen atoms in total. The molecule has 1 saturated carbocycles. The van der Waals surface area contributed by atoms with Crippen LogP contribution in [0.25, 0.3) is 33.0 Å². The van der Waals surface area contributed by atoms with Gasteiger partial charge in [0.25, 0.3) is 0 Å². The van der Waals surface area contributed by atoms with Gasteiger partial charge in [-0.05, 0) is 102 Å². The first-order chi connectivity index (χ1) is 23.4. The van der Waals surface area contributed by atoms with E-state index in [4.69, 9.17) is 14.9 Å². The molecule has 2 heterocycles. The molecule has 1 fully saturated rings. The third kappa shape index (κ3) is 6.53. The topological polar surface area (TPSA) is 114 Å². The number of oxazole rings is 2. The summed E-state index contributed by atoms with van der Waals surface area (Å²) in [6, 6.07) is 18.2. The standard InChI is InChI=1S/C35H32F2N2O4.C3H3NO/c1-19(38)33-31(39-34(43-33)22-12-16-29(42-35(36)37)30(17-22)41-18-20-9-10-20)32(40)28-8-4-7-24-26-13-11-21-5-2-3-6-23(21)25(26)14-15-27(24)28;1-2-5-3-4-1/h4,7-8,11-17,19-20,35H,2-3,5-6,9-10,18,38H2,1H3;1-3H. The molecular weight excluding hydrogens is 616 g/mol. The number of fused-ring (bicyclic) bond motifs is 5. The lowest BCUT2D eigenvalue weighted by atomic mass is 9.86. The lowest BCUT2D eigenvalue weighted by Gasteiger charge is -2.19. The van der Waals surface area contributed by atoms with E-state index >= 15 is 0 Å². The number of nitrogens with two attached hydrogens (primary N) is 1. The fraction of sp³-hybridized carbons (Fsp3) is 0.289. The Morgan fingerprint density at radius 2 is 1.77 bits per heavy atom. The molecule has 1 atom stereocenters. The van der Waals surface area contributed by atoms with Crippen molar-refractivity contribution in [2.75, 3.05) is 6.61 Å². The molecule has 6 aromatic rings. The van der Waals surface area contributed by atoms with Gasteiger partial charge in [-0.25, -0.2) is 9.97 Å². The number of aromatic nitrogens is 2. The predicted molar refractivity (Wildman–Crippen MR) is 177 cm³/mol. The largest absolute Gasteiger partial charge is 0.489 e. The minimum atomic E-state index is -2.99. The Morgan fingerprint density at radius 3 is 2.50 bits per heavy atom. The van der Waals surface area contributed by atoms with Gasteiger partial charge in [0.15, 0.2) is 29.3 Å². The number of aryl methyl sites for hydroxylation is 2. The summed E-state index contributed by atoms with van der Waals surface area (Å²) in [5.74, 6) is 0.600. The molecule has 48 heavy (non-hydrogen) atoms. The fourth-order valence-electron chi connectivity index (χ4n) is 6.30. The van der Waals surface area contributed by atoms with Crippen LogP contribution in [-0.2, 0) is 12.8 Å². The Labute approximate surface area is 275 Å². The summed E-state index contributed by atoms with van der Waals surface area (Å²) >= 11 is 0. The van der Waals surface area contributed by atoms with E-state index in [0.717, 1.165) is 41.8 Å². The summed E-state index contributed by atoms with van der Waals surface area (Å²) in [7, 11) is 0. The van der Waals surface area contributed by atoms with E-state index in [1.807, 2.05) is 12.1 Å². The van der Waals surface area contributed by atoms with E-state index in [0.29, 0.717) is 23.7 Å². The van der Waals surface area contributed by atoms with Crippen LogP contribution in [-0.4, -0.2) is 29.0 Å². The molecule has 1 unspecified atom stereocenters. The van der Waals surface area contributed by atoms with E-state index in [1.165, 1.54) is 48.1 Å². The molecule has 8 rings (SSSR count). The molecule has 0 aliphatic heterocycles. The first kappa shape index (κ1) is 31.5. The lowest BCUT2D eigenvalue weighted by Crippen LogP contribution is -2.12. The summed E-state index contributed by atoms with van der Waals surface area (Å²) in [5, 5.41) is 4.22. The number of hydrogen-bond donors (Lipinski definition) is 1. The SMILES string of the molecule is CC(N)c1oc(-c2ccc(OC(F)F)c(OCC3CC3)c2)nc1C(=O)c1cccc2c1ccc1c3c(ccc12)CCCC3.c1cocn1. The van der Waals surface area contributed by atoms with Crippen LogP contribution in [0.5, 0.6) is 11.5 Å². The van der Waals surface area contributed by atoms with Crippen molar-refractivity contribution >= 4 is 27.3 Å². The summed E-state index contributed by atoms with van der Waals surface area (Å²) in [6.07, 6.45) is 11.1. The number of halogens is 2. The molecule has 2 aromatic heterocycles. The average Bonchev–Trinajstić information content (AvgIpc) is 3.51. The highest BCUT2D eigenvalue weighted by Gasteiger charge is 2.27. The van der Waals surface area contributed by atoms with Gasteiger partial charge >= 0.3 is 6.61 Å². The van der Waals surface area contributed by atoms with Gasteiger partial charge in [0.1, 0.15) is 6.26 Å². The van der Waals surface area contributed by atoms with E-state index in [1.54, 1.807) is 31.3 Å². The maximum atomic E-state index is 14.1. The zero-order chi connectivity index (χ0) is 33.2. The lowest BCUT2D eigenvalue weighted by molar-refractivity contribution is -0.0515. The number of rotatable bonds is 9. The third-order valence-corrected chi connectivity index (χ3v) is 8.84. The van der Waals surface area contributed by atoms with Crippen molar-refractivity contribution in [1.29, 1.82) is 0 Å². The monoisotopic (exact) mass is 651 g/mol. The molecule has 0 radical (unpaired) electrons. The van der Waals surface area contributed by atoms with Gasteiger partial charge in [-0.3, -0.25) is 4.79 Å². The van der Waals surface area contributed by atoms with Crippen molar-refractivity contribution in [3.8, 4) is 23.0 Å². The number of ether oxygens (including phenoxy) is 2. The number of hydrogen-bond acceptors (Lipinski definition) is 8. The van der Waals surface area contributed by atoms with Crippen LogP contribution in [0.1, 0.15) is 71.6 Å². The highest BCUT2D eigenvalue weighted by Crippen LogP contribution is 2.39. The van der Waals surface area contributed by atoms with Crippen molar-refractivity contribution in [2.45, 2.75) is 58.1 Å². The highest BCUT2D eigenvalue weighted by molar-refractivity contribution is 6.20. The van der Waals surface area contributed by atoms with Crippen LogP contribution in [0, 0.1) is 5.92 Å². The molecule has 4 aromatic carbocycles. The first-order valence-electron chi connectivity index (χ1n) is 16.2. The Bertz CT molecular complexity index is 2050. The van der Waals surface area contributed by atoms with Crippen molar-refractivity contribution < 1.29 is 31.9 Å². The molecule has 2 aliphatic carbocycles. The van der Waals surface area contributed by atoms with E-state index < -0.39 is 12.7 Å². The number of nitrogens with zero attached hydrogens (tertiary/aromatic N) is 2. The van der Waals surface area contributed by atoms with Crippen LogP contribution in [0.3, 0.4) is 0 Å². The van der Waals surface area contributed by atoms with Crippen molar-refractivity contribution in [3.63, 3.8) is 0 Å². The summed E-state index contributed by atoms with van der Waals surface area (Å²) in [6.45, 7) is -0.861. The Morgan fingerprint density at radius 1 is 0.979 bits per heavy atom. The van der Waals surface area contributed by atoms with E-state index in [2.05, 4.69) is 43.4 Å². The van der Waals surface area contributed by atoms with Crippen molar-refractivity contribution in [3.05, 3.63) is 108 Å². The Hall–Kier alpha value is -5.09. The van der Waals surface area contributed by atoms with Gasteiger partial charge in [-0.15, -0.1) is 0 Å². The quantitative estimate of drug-likeness (QED) is 0.122. The summed E-state index contributed by atoms with van der Waals surface area (Å²) in [5.41, 5.74) is 10.2. The predicted octanol–water partition coefficient (Wildman–Crippen LogP) is 8.84. The summed E-state index contributed by atoms with van der Waals surface area (Å²) in [4.78, 5) is 22.3. The van der Waals surface area contributed by atoms with Gasteiger partial charge < -0.3 is 24.0 Å². The van der Waals surface area contributed by atoms with Crippen LogP contribution in [0.4, 0.5) is 8.78 Å². The summed E-state index contributed by atoms with van der Waals surface area (Å²) < 4.78 is 47.1. The van der Waals surface area contributed by atoms with Crippen LogP contribution in [0.15, 0.2) is 88.4 Å². The number of carbonyl (C=O) groups is 1. The average molecular weight is 652 g/mol. The second-order valence-corrected chi connectivity index (χ2v) is 12.3. The molecule has 0 amide bonds. The number of alkyl halides is 2. The fourth-order valence-corrected chi connectivity index (χ4v) is 6.30. The molecule has 0 bridgehead atoms. The molecular formula is C38H35F2N3O5. The zero-order valence-corrected chi connectivity index (χ0v) is 26.5. The molecule has 2 aliphatic rings. The highest BCUT2D eigenvalue weighted by atomic mass is 19.3. The maximum absolute atomic E-state index is 14.1. The van der Waals surface area contributed by atoms with Crippen LogP contribution < -0.4 is 15.2 Å². The van der Waals surface area contributed by atoms with Crippen LogP contribution >= 0.6 is 0 Å². The molecule has 246 valence electrons. The van der Waals surface area contributed by atoms with Crippen LogP contribution in [0.2, 0.25) is 0 Å². The van der Waals surface area contributed by atoms with Gasteiger partial charge in [0, 0.05) is 11.1 Å². The first-order valence-corrected chi connectivity index (χ1v) is 16.2. The molecule has 2 N–H and O–H groups in total. The second kappa shape index (κ2) is 13.6. The maximum Gasteiger partial charge on any atom is 0.387 e.